The quantitative estimate of drug-likeness (QED) is 0.576. The van der Waals surface area contributed by atoms with E-state index in [1.165, 1.54) is 13.1 Å². The van der Waals surface area contributed by atoms with E-state index >= 15 is 0 Å². The zero-order chi connectivity index (χ0) is 17.9. The van der Waals surface area contributed by atoms with Crippen LogP contribution < -0.4 is 11.2 Å². The number of aromatic nitrogens is 2. The molecular weight excluding hydrogens is 343 g/mol. The first-order valence-corrected chi connectivity index (χ1v) is 9.01. The van der Waals surface area contributed by atoms with Crippen molar-refractivity contribution in [2.24, 2.45) is 0 Å². The highest BCUT2D eigenvalue weighted by atomic mass is 31.2. The summed E-state index contributed by atoms with van der Waals surface area (Å²) in [5.74, 6) is 0. The number of aliphatic hydroxyl groups excluding tert-OH is 1. The van der Waals surface area contributed by atoms with Crippen molar-refractivity contribution < 1.29 is 28.3 Å². The molecule has 1 aromatic rings. The molecule has 0 bridgehead atoms. The third-order valence-electron chi connectivity index (χ3n) is 3.54. The highest BCUT2D eigenvalue weighted by Gasteiger charge is 2.41. The predicted molar refractivity (Wildman–Crippen MR) is 82.6 cm³/mol. The Hall–Kier alpha value is -1.29. The summed E-state index contributed by atoms with van der Waals surface area (Å²) < 4.78 is 28.4. The van der Waals surface area contributed by atoms with Gasteiger partial charge in [-0.1, -0.05) is 6.92 Å². The topological polar surface area (TPSA) is 140 Å². The molecule has 3 N–H and O–H groups in total. The van der Waals surface area contributed by atoms with Crippen LogP contribution in [0.5, 0.6) is 0 Å². The number of aliphatic hydroxyl groups is 1. The Labute approximate surface area is 137 Å². The largest absolute Gasteiger partial charge is 0.472 e. The van der Waals surface area contributed by atoms with Crippen LogP contribution >= 0.6 is 7.82 Å². The smallest absolute Gasteiger partial charge is 0.394 e. The van der Waals surface area contributed by atoms with Gasteiger partial charge in [0.1, 0.15) is 18.4 Å². The third kappa shape index (κ3) is 4.41. The Morgan fingerprint density at radius 3 is 2.83 bits per heavy atom. The molecule has 2 unspecified atom stereocenters. The molecule has 1 aliphatic rings. The lowest BCUT2D eigenvalue weighted by Gasteiger charge is -2.19. The van der Waals surface area contributed by atoms with Crippen LogP contribution in [0.15, 0.2) is 15.8 Å². The maximum absolute atomic E-state index is 11.9. The molecule has 1 fully saturated rings. The molecule has 0 aromatic carbocycles. The van der Waals surface area contributed by atoms with Gasteiger partial charge in [-0.05, 0) is 13.3 Å². The summed E-state index contributed by atoms with van der Waals surface area (Å²) in [7, 11) is -4.29. The summed E-state index contributed by atoms with van der Waals surface area (Å²) in [5, 5.41) is 9.38. The number of aromatic amines is 1. The van der Waals surface area contributed by atoms with Crippen LogP contribution in [0.25, 0.3) is 0 Å². The van der Waals surface area contributed by atoms with Gasteiger partial charge in [-0.2, -0.15) is 0 Å². The molecule has 0 radical (unpaired) electrons. The van der Waals surface area contributed by atoms with Crippen LogP contribution in [-0.2, 0) is 18.3 Å². The fourth-order valence-electron chi connectivity index (χ4n) is 2.35. The van der Waals surface area contributed by atoms with Crippen LogP contribution in [0.2, 0.25) is 0 Å². The molecule has 1 aromatic heterocycles. The number of rotatable bonds is 7. The lowest BCUT2D eigenvalue weighted by Crippen LogP contribution is -2.33. The molecule has 1 aliphatic heterocycles. The van der Waals surface area contributed by atoms with Crippen molar-refractivity contribution in [3.05, 3.63) is 32.6 Å². The Bertz CT molecular complexity index is 729. The Morgan fingerprint density at radius 1 is 1.50 bits per heavy atom. The average molecular weight is 364 g/mol. The highest BCUT2D eigenvalue weighted by molar-refractivity contribution is 7.47. The van der Waals surface area contributed by atoms with E-state index in [1.54, 1.807) is 6.92 Å². The summed E-state index contributed by atoms with van der Waals surface area (Å²) in [6.07, 6.45) is -0.786. The van der Waals surface area contributed by atoms with Gasteiger partial charge in [0.05, 0.1) is 13.2 Å². The molecule has 11 heteroatoms. The van der Waals surface area contributed by atoms with Crippen LogP contribution in [0, 0.1) is 6.92 Å². The maximum atomic E-state index is 11.9. The normalized spacial score (nSPS) is 26.4. The van der Waals surface area contributed by atoms with Crippen molar-refractivity contribution in [3.8, 4) is 0 Å². The van der Waals surface area contributed by atoms with Crippen LogP contribution in [-0.4, -0.2) is 45.0 Å². The second-order valence-electron chi connectivity index (χ2n) is 5.47. The van der Waals surface area contributed by atoms with Gasteiger partial charge in [-0.3, -0.25) is 23.4 Å². The molecule has 10 nitrogen and oxygen atoms in total. The van der Waals surface area contributed by atoms with E-state index in [2.05, 4.69) is 4.98 Å². The van der Waals surface area contributed by atoms with Gasteiger partial charge in [0.15, 0.2) is 0 Å². The standard InChI is InChI=1S/C13H21N2O8P/c1-3-4-21-24(19,20)23-9-5-11(22-10(9)7-16)15-6-8(2)12(17)14-13(15)18/h6,9-11,16H,3-5,7H2,1-2H3,(H,19,20)(H,14,17,18)/t9?,10-,11-/m1/s1. The molecule has 0 spiro atoms. The van der Waals surface area contributed by atoms with E-state index in [1.807, 2.05) is 0 Å². The molecule has 0 aliphatic carbocycles. The molecule has 136 valence electrons. The van der Waals surface area contributed by atoms with Crippen LogP contribution in [0.4, 0.5) is 0 Å². The van der Waals surface area contributed by atoms with Crippen molar-refractivity contribution in [3.63, 3.8) is 0 Å². The van der Waals surface area contributed by atoms with Gasteiger partial charge < -0.3 is 14.7 Å². The minimum atomic E-state index is -4.29. The first-order valence-electron chi connectivity index (χ1n) is 7.51. The van der Waals surface area contributed by atoms with Crippen LogP contribution in [0.1, 0.15) is 31.6 Å². The van der Waals surface area contributed by atoms with Crippen molar-refractivity contribution in [2.45, 2.75) is 45.1 Å². The summed E-state index contributed by atoms with van der Waals surface area (Å²) in [4.78, 5) is 35.1. The maximum Gasteiger partial charge on any atom is 0.472 e. The van der Waals surface area contributed by atoms with Crippen molar-refractivity contribution in [2.75, 3.05) is 13.2 Å². The summed E-state index contributed by atoms with van der Waals surface area (Å²) in [6, 6.07) is 0. The highest BCUT2D eigenvalue weighted by Crippen LogP contribution is 2.48. The number of phosphoric acid groups is 1. The second-order valence-corrected chi connectivity index (χ2v) is 6.88. The number of aryl methyl sites for hydroxylation is 1. The van der Waals surface area contributed by atoms with E-state index in [0.29, 0.717) is 12.0 Å². The van der Waals surface area contributed by atoms with Gasteiger partial charge in [0.2, 0.25) is 0 Å². The number of hydrogen-bond donors (Lipinski definition) is 3. The van der Waals surface area contributed by atoms with Gasteiger partial charge in [-0.25, -0.2) is 9.36 Å². The Balaban J connectivity index is 2.17. The number of H-pyrrole nitrogens is 1. The lowest BCUT2D eigenvalue weighted by molar-refractivity contribution is -0.0464. The van der Waals surface area contributed by atoms with E-state index in [9.17, 15) is 24.2 Å². The first kappa shape index (κ1) is 19.0. The minimum Gasteiger partial charge on any atom is -0.394 e. The zero-order valence-corrected chi connectivity index (χ0v) is 14.3. The summed E-state index contributed by atoms with van der Waals surface area (Å²) in [5.41, 5.74) is -0.877. The van der Waals surface area contributed by atoms with E-state index in [4.69, 9.17) is 13.8 Å². The number of nitrogens with zero attached hydrogens (tertiary/aromatic N) is 1. The minimum absolute atomic E-state index is 0.0383. The second kappa shape index (κ2) is 7.73. The molecule has 24 heavy (non-hydrogen) atoms. The fourth-order valence-corrected chi connectivity index (χ4v) is 3.39. The van der Waals surface area contributed by atoms with Crippen molar-refractivity contribution in [1.29, 1.82) is 0 Å². The average Bonchev–Trinajstić information content (AvgIpc) is 2.90. The molecular formula is C13H21N2O8P. The molecule has 2 heterocycles. The number of phosphoric ester groups is 1. The monoisotopic (exact) mass is 364 g/mol. The molecule has 4 atom stereocenters. The fraction of sp³-hybridized carbons (Fsp3) is 0.692. The van der Waals surface area contributed by atoms with Gasteiger partial charge in [-0.15, -0.1) is 0 Å². The van der Waals surface area contributed by atoms with E-state index < -0.39 is 44.1 Å². The molecule has 0 amide bonds. The van der Waals surface area contributed by atoms with E-state index in [-0.39, 0.29) is 13.0 Å². The van der Waals surface area contributed by atoms with Gasteiger partial charge in [0, 0.05) is 18.2 Å². The van der Waals surface area contributed by atoms with Crippen LogP contribution in [0.3, 0.4) is 0 Å². The Kier molecular flexibility index (Phi) is 6.13. The number of hydrogen-bond acceptors (Lipinski definition) is 7. The first-order chi connectivity index (χ1) is 11.3. The van der Waals surface area contributed by atoms with Gasteiger partial charge in [0.25, 0.3) is 5.56 Å². The molecule has 0 saturated carbocycles. The molecule has 1 saturated heterocycles. The Morgan fingerprint density at radius 2 is 2.21 bits per heavy atom. The summed E-state index contributed by atoms with van der Waals surface area (Å²) >= 11 is 0. The summed E-state index contributed by atoms with van der Waals surface area (Å²) in [6.45, 7) is 2.89. The predicted octanol–water partition coefficient (Wildman–Crippen LogP) is 0.0370. The number of ether oxygens (including phenoxy) is 1. The van der Waals surface area contributed by atoms with Crippen molar-refractivity contribution >= 4 is 7.82 Å². The molecule has 2 rings (SSSR count). The number of nitrogens with one attached hydrogen (secondary N) is 1. The van der Waals surface area contributed by atoms with Crippen molar-refractivity contribution in [1.82, 2.24) is 9.55 Å². The zero-order valence-electron chi connectivity index (χ0n) is 13.4. The van der Waals surface area contributed by atoms with Gasteiger partial charge >= 0.3 is 13.5 Å². The van der Waals surface area contributed by atoms with E-state index in [0.717, 1.165) is 4.57 Å². The lowest BCUT2D eigenvalue weighted by atomic mass is 10.2. The SMILES string of the molecule is CCCOP(=O)(O)OC1C[C@H](n2cc(C)c(=O)[nH]c2=O)O[C@@H]1CO. The third-order valence-corrected chi connectivity index (χ3v) is 4.59.